The lowest BCUT2D eigenvalue weighted by Gasteiger charge is -2.52. The van der Waals surface area contributed by atoms with Crippen molar-refractivity contribution in [3.05, 3.63) is 22.4 Å². The third kappa shape index (κ3) is 3.35. The van der Waals surface area contributed by atoms with Crippen molar-refractivity contribution in [1.82, 2.24) is 15.1 Å². The Balaban J connectivity index is 1.32. The number of hydrogen-bond acceptors (Lipinski definition) is 4. The van der Waals surface area contributed by atoms with Gasteiger partial charge in [-0.2, -0.15) is 0 Å². The van der Waals surface area contributed by atoms with Crippen LogP contribution < -0.4 is 5.32 Å². The zero-order valence-corrected chi connectivity index (χ0v) is 14.8. The van der Waals surface area contributed by atoms with Crippen LogP contribution in [0.25, 0.3) is 0 Å². The summed E-state index contributed by atoms with van der Waals surface area (Å²) in [6, 6.07) is 4.47. The van der Waals surface area contributed by atoms with Crippen molar-refractivity contribution in [1.29, 1.82) is 0 Å². The number of carbonyl (C=O) groups is 2. The van der Waals surface area contributed by atoms with Crippen molar-refractivity contribution >= 4 is 23.2 Å². The van der Waals surface area contributed by atoms with Crippen molar-refractivity contribution in [3.63, 3.8) is 0 Å². The molecule has 1 aromatic rings. The molecule has 1 aromatic heterocycles. The van der Waals surface area contributed by atoms with Crippen LogP contribution in [0, 0.1) is 11.8 Å². The average Bonchev–Trinajstić information content (AvgIpc) is 3.07. The molecule has 4 rings (SSSR count). The van der Waals surface area contributed by atoms with Crippen LogP contribution in [0.1, 0.15) is 30.6 Å². The average molecular weight is 347 g/mol. The van der Waals surface area contributed by atoms with Crippen molar-refractivity contribution in [2.75, 3.05) is 26.2 Å². The number of nitrogens with one attached hydrogen (secondary N) is 1. The van der Waals surface area contributed by atoms with Crippen LogP contribution in [-0.4, -0.2) is 53.8 Å². The first-order valence-corrected chi connectivity index (χ1v) is 9.88. The highest BCUT2D eigenvalue weighted by molar-refractivity contribution is 7.09. The van der Waals surface area contributed by atoms with Gasteiger partial charge in [-0.05, 0) is 42.5 Å². The molecule has 6 heteroatoms. The monoisotopic (exact) mass is 347 g/mol. The Labute approximate surface area is 147 Å². The number of rotatable bonds is 4. The number of thiophene rings is 1. The molecule has 0 aromatic carbocycles. The van der Waals surface area contributed by atoms with E-state index in [9.17, 15) is 9.59 Å². The van der Waals surface area contributed by atoms with Gasteiger partial charge in [0.05, 0.1) is 13.1 Å². The van der Waals surface area contributed by atoms with E-state index in [1.165, 1.54) is 11.3 Å². The molecule has 1 N–H and O–H groups in total. The SMILES string of the molecule is O=C(CN1CC2CC(C1)[C@H]1CCCC(=O)N1C2)NCc1cccs1. The van der Waals surface area contributed by atoms with E-state index < -0.39 is 0 Å². The highest BCUT2D eigenvalue weighted by atomic mass is 32.1. The molecular weight excluding hydrogens is 322 g/mol. The summed E-state index contributed by atoms with van der Waals surface area (Å²) in [6.07, 6.45) is 4.12. The van der Waals surface area contributed by atoms with E-state index in [1.54, 1.807) is 11.3 Å². The second-order valence-electron chi connectivity index (χ2n) is 7.42. The number of carbonyl (C=O) groups excluding carboxylic acids is 2. The third-order valence-corrected chi connectivity index (χ3v) is 6.54. The molecule has 0 radical (unpaired) electrons. The molecule has 4 heterocycles. The Hall–Kier alpha value is -1.40. The van der Waals surface area contributed by atoms with Gasteiger partial charge in [0.1, 0.15) is 0 Å². The van der Waals surface area contributed by atoms with Gasteiger partial charge in [-0.15, -0.1) is 11.3 Å². The second kappa shape index (κ2) is 6.84. The molecule has 2 amide bonds. The Morgan fingerprint density at radius 3 is 3.08 bits per heavy atom. The summed E-state index contributed by atoms with van der Waals surface area (Å²) in [7, 11) is 0. The fourth-order valence-corrected chi connectivity index (χ4v) is 5.34. The first kappa shape index (κ1) is 16.1. The third-order valence-electron chi connectivity index (χ3n) is 5.66. The van der Waals surface area contributed by atoms with Crippen LogP contribution in [0.15, 0.2) is 17.5 Å². The molecule has 3 aliphatic rings. The molecule has 2 unspecified atom stereocenters. The Morgan fingerprint density at radius 1 is 1.33 bits per heavy atom. The van der Waals surface area contributed by atoms with Crippen LogP contribution in [0.2, 0.25) is 0 Å². The predicted molar refractivity (Wildman–Crippen MR) is 93.6 cm³/mol. The van der Waals surface area contributed by atoms with Gasteiger partial charge in [0.25, 0.3) is 0 Å². The van der Waals surface area contributed by atoms with E-state index in [4.69, 9.17) is 0 Å². The number of nitrogens with zero attached hydrogens (tertiary/aromatic N) is 2. The van der Waals surface area contributed by atoms with Gasteiger partial charge < -0.3 is 10.2 Å². The summed E-state index contributed by atoms with van der Waals surface area (Å²) >= 11 is 1.67. The van der Waals surface area contributed by atoms with Crippen LogP contribution in [-0.2, 0) is 16.1 Å². The van der Waals surface area contributed by atoms with Crippen molar-refractivity contribution in [2.24, 2.45) is 11.8 Å². The molecule has 3 atom stereocenters. The van der Waals surface area contributed by atoms with E-state index in [0.29, 0.717) is 36.9 Å². The summed E-state index contributed by atoms with van der Waals surface area (Å²) in [5.74, 6) is 1.54. The van der Waals surface area contributed by atoms with Crippen LogP contribution >= 0.6 is 11.3 Å². The highest BCUT2D eigenvalue weighted by Crippen LogP contribution is 2.37. The molecule has 3 fully saturated rings. The number of hydrogen-bond donors (Lipinski definition) is 1. The molecule has 3 saturated heterocycles. The van der Waals surface area contributed by atoms with Crippen molar-refractivity contribution < 1.29 is 9.59 Å². The summed E-state index contributed by atoms with van der Waals surface area (Å²) in [6.45, 7) is 3.91. The number of likely N-dealkylation sites (tertiary alicyclic amines) is 1. The summed E-state index contributed by atoms with van der Waals surface area (Å²) in [5.41, 5.74) is 0. The lowest BCUT2D eigenvalue weighted by Crippen LogP contribution is -2.61. The largest absolute Gasteiger partial charge is 0.350 e. The van der Waals surface area contributed by atoms with Gasteiger partial charge >= 0.3 is 0 Å². The Kier molecular flexibility index (Phi) is 4.59. The first-order valence-electron chi connectivity index (χ1n) is 9.00. The highest BCUT2D eigenvalue weighted by Gasteiger charge is 2.43. The van der Waals surface area contributed by atoms with Gasteiger partial charge in [-0.3, -0.25) is 14.5 Å². The normalized spacial score (nSPS) is 30.1. The molecule has 2 bridgehead atoms. The smallest absolute Gasteiger partial charge is 0.234 e. The molecule has 130 valence electrons. The molecular formula is C18H25N3O2S. The van der Waals surface area contributed by atoms with E-state index >= 15 is 0 Å². The topological polar surface area (TPSA) is 52.7 Å². The number of piperidine rings is 3. The number of fused-ring (bicyclic) bond motifs is 4. The minimum Gasteiger partial charge on any atom is -0.350 e. The molecule has 5 nitrogen and oxygen atoms in total. The van der Waals surface area contributed by atoms with Crippen molar-refractivity contribution in [3.8, 4) is 0 Å². The maximum Gasteiger partial charge on any atom is 0.234 e. The van der Waals surface area contributed by atoms with Crippen LogP contribution in [0.3, 0.4) is 0 Å². The Bertz CT molecular complexity index is 603. The second-order valence-corrected chi connectivity index (χ2v) is 8.45. The van der Waals surface area contributed by atoms with Gasteiger partial charge in [-0.1, -0.05) is 6.07 Å². The van der Waals surface area contributed by atoms with Gasteiger partial charge in [0.2, 0.25) is 11.8 Å². The fraction of sp³-hybridized carbons (Fsp3) is 0.667. The molecule has 0 spiro atoms. The maximum atomic E-state index is 12.2. The molecule has 24 heavy (non-hydrogen) atoms. The fourth-order valence-electron chi connectivity index (χ4n) is 4.70. The molecule has 0 aliphatic carbocycles. The maximum absolute atomic E-state index is 12.2. The Morgan fingerprint density at radius 2 is 2.25 bits per heavy atom. The first-order chi connectivity index (χ1) is 11.7. The molecule has 0 saturated carbocycles. The lowest BCUT2D eigenvalue weighted by molar-refractivity contribution is -0.145. The van der Waals surface area contributed by atoms with E-state index in [2.05, 4.69) is 15.1 Å². The van der Waals surface area contributed by atoms with Gasteiger partial charge in [0.15, 0.2) is 0 Å². The van der Waals surface area contributed by atoms with E-state index in [-0.39, 0.29) is 5.91 Å². The standard InChI is InChI=1S/C18H25N3O2S/c22-17(19-8-15-3-2-6-24-15)12-20-9-13-7-14(11-20)16-4-1-5-18(23)21(16)10-13/h2-3,6,13-14,16H,1,4-5,7-12H2,(H,19,22)/t13?,14?,16-/m1/s1. The number of amides is 2. The minimum absolute atomic E-state index is 0.111. The zero-order valence-electron chi connectivity index (χ0n) is 13.9. The van der Waals surface area contributed by atoms with E-state index in [1.807, 2.05) is 17.5 Å². The minimum atomic E-state index is 0.111. The lowest BCUT2D eigenvalue weighted by atomic mass is 9.76. The predicted octanol–water partition coefficient (Wildman–Crippen LogP) is 1.70. The summed E-state index contributed by atoms with van der Waals surface area (Å²) < 4.78 is 0. The summed E-state index contributed by atoms with van der Waals surface area (Å²) in [5, 5.41) is 5.06. The van der Waals surface area contributed by atoms with Crippen LogP contribution in [0.4, 0.5) is 0 Å². The quantitative estimate of drug-likeness (QED) is 0.902. The summed E-state index contributed by atoms with van der Waals surface area (Å²) in [4.78, 5) is 30.1. The zero-order chi connectivity index (χ0) is 16.5. The van der Waals surface area contributed by atoms with Gasteiger partial charge in [0, 0.05) is 37.0 Å². The van der Waals surface area contributed by atoms with E-state index in [0.717, 1.165) is 38.9 Å². The molecule has 3 aliphatic heterocycles. The van der Waals surface area contributed by atoms with Gasteiger partial charge in [-0.25, -0.2) is 0 Å². The van der Waals surface area contributed by atoms with Crippen LogP contribution in [0.5, 0.6) is 0 Å². The van der Waals surface area contributed by atoms with Crippen molar-refractivity contribution in [2.45, 2.75) is 38.3 Å².